The Morgan fingerprint density at radius 3 is 0.729 bits per heavy atom. The molecule has 6 aromatic rings. The van der Waals surface area contributed by atoms with Crippen molar-refractivity contribution in [2.45, 2.75) is 69.2 Å². The molecule has 6 rings (SSSR count). The number of anilines is 6. The lowest BCUT2D eigenvalue weighted by Gasteiger charge is -2.28. The quantitative estimate of drug-likeness (QED) is 0.172. The van der Waals surface area contributed by atoms with E-state index in [1.165, 1.54) is 33.6 Å². The van der Waals surface area contributed by atoms with E-state index in [1.807, 2.05) is 55.4 Å². The monoisotopic (exact) mass is 636 g/mol. The zero-order chi connectivity index (χ0) is 35.3. The van der Waals surface area contributed by atoms with Crippen LogP contribution in [0.4, 0.5) is 34.1 Å². The fraction of sp³-hybridized carbons (Fsp3) is 0.217. The van der Waals surface area contributed by atoms with E-state index in [0.717, 1.165) is 22.7 Å². The van der Waals surface area contributed by atoms with Crippen LogP contribution in [0.5, 0.6) is 0 Å². The molecule has 0 amide bonds. The van der Waals surface area contributed by atoms with Gasteiger partial charge in [-0.2, -0.15) is 0 Å². The number of nitrogens with zero attached hydrogens (tertiary/aromatic N) is 2. The Balaban J connectivity index is 0.000000933. The molecule has 0 aliphatic carbocycles. The zero-order valence-electron chi connectivity index (χ0n) is 30.9. The van der Waals surface area contributed by atoms with Crippen LogP contribution in [0, 0.1) is 13.8 Å². The second-order valence-electron chi connectivity index (χ2n) is 10.0. The molecule has 0 radical (unpaired) electrons. The number of hydrogen-bond acceptors (Lipinski definition) is 2. The van der Waals surface area contributed by atoms with Crippen LogP contribution in [0.1, 0.15) is 66.5 Å². The van der Waals surface area contributed by atoms with Crippen LogP contribution in [0.15, 0.2) is 158 Å². The van der Waals surface area contributed by atoms with E-state index in [-0.39, 0.29) is 0 Å². The van der Waals surface area contributed by atoms with E-state index in [9.17, 15) is 0 Å². The topological polar surface area (TPSA) is 6.48 Å². The number of benzene rings is 6. The van der Waals surface area contributed by atoms with Crippen molar-refractivity contribution in [3.05, 3.63) is 169 Å². The van der Waals surface area contributed by atoms with Crippen LogP contribution in [0.25, 0.3) is 11.1 Å². The lowest BCUT2D eigenvalue weighted by molar-refractivity contribution is 1.24. The Morgan fingerprint density at radius 1 is 0.292 bits per heavy atom. The highest BCUT2D eigenvalue weighted by Gasteiger charge is 2.17. The molecule has 0 aliphatic heterocycles. The Kier molecular flexibility index (Phi) is 17.6. The summed E-state index contributed by atoms with van der Waals surface area (Å²) in [4.78, 5) is 4.65. The molecule has 48 heavy (non-hydrogen) atoms. The van der Waals surface area contributed by atoms with Crippen molar-refractivity contribution in [2.75, 3.05) is 9.80 Å². The second kappa shape index (κ2) is 21.7. The number of aryl methyl sites for hydroxylation is 2. The van der Waals surface area contributed by atoms with Gasteiger partial charge in [0.25, 0.3) is 0 Å². The summed E-state index contributed by atoms with van der Waals surface area (Å²) in [6.07, 6.45) is 0. The van der Waals surface area contributed by atoms with E-state index in [4.69, 9.17) is 0 Å². The summed E-state index contributed by atoms with van der Waals surface area (Å²) >= 11 is 0. The van der Waals surface area contributed by atoms with Gasteiger partial charge in [-0.05, 0) is 109 Å². The predicted molar refractivity (Wildman–Crippen MR) is 216 cm³/mol. The molecule has 0 heterocycles. The summed E-state index contributed by atoms with van der Waals surface area (Å²) in [6.45, 7) is 20.4. The number of hydrogen-bond donors (Lipinski definition) is 0. The molecule has 0 unspecified atom stereocenters. The Morgan fingerprint density at radius 2 is 0.521 bits per heavy atom. The van der Waals surface area contributed by atoms with Crippen molar-refractivity contribution in [1.29, 1.82) is 0 Å². The van der Waals surface area contributed by atoms with E-state index in [2.05, 4.69) is 181 Å². The van der Waals surface area contributed by atoms with Crippen LogP contribution in [0.3, 0.4) is 0 Å². The lowest BCUT2D eigenvalue weighted by atomic mass is 9.98. The average molecular weight is 637 g/mol. The maximum atomic E-state index is 2.32. The molecule has 2 nitrogen and oxygen atoms in total. The van der Waals surface area contributed by atoms with Crippen molar-refractivity contribution in [1.82, 2.24) is 0 Å². The fourth-order valence-electron chi connectivity index (χ4n) is 5.33. The van der Waals surface area contributed by atoms with Crippen LogP contribution in [0.2, 0.25) is 0 Å². The van der Waals surface area contributed by atoms with Gasteiger partial charge in [0.15, 0.2) is 0 Å². The summed E-state index contributed by atoms with van der Waals surface area (Å²) in [5.74, 6) is 0. The normalized spacial score (nSPS) is 9.46. The van der Waals surface area contributed by atoms with Crippen LogP contribution in [-0.2, 0) is 0 Å². The standard InChI is InChI=1S/C38H32N2.4C2H6/c1-29-27-31(23-25-37(29)39(33-15-7-3-8-16-33)34-17-9-4-10-18-34)32-24-26-38(30(2)28-32)40(35-19-11-5-12-20-35)36-21-13-6-14-22-36;4*1-2/h3-28H,1-2H3;4*1-2H3. The molecule has 0 aromatic heterocycles. The first kappa shape index (κ1) is 39.1. The Hall–Kier alpha value is -5.08. The van der Waals surface area contributed by atoms with Gasteiger partial charge in [0.1, 0.15) is 0 Å². The molecule has 6 aromatic carbocycles. The van der Waals surface area contributed by atoms with E-state index >= 15 is 0 Å². The van der Waals surface area contributed by atoms with Crippen molar-refractivity contribution in [2.24, 2.45) is 0 Å². The first-order valence-corrected chi connectivity index (χ1v) is 17.7. The molecular weight excluding hydrogens is 581 g/mol. The first-order chi connectivity index (χ1) is 23.7. The summed E-state index contributed by atoms with van der Waals surface area (Å²) < 4.78 is 0. The highest BCUT2D eigenvalue weighted by molar-refractivity contribution is 5.83. The van der Waals surface area contributed by atoms with Gasteiger partial charge in [-0.15, -0.1) is 0 Å². The van der Waals surface area contributed by atoms with Gasteiger partial charge in [-0.1, -0.05) is 140 Å². The van der Waals surface area contributed by atoms with E-state index in [1.54, 1.807) is 0 Å². The average Bonchev–Trinajstić information content (AvgIpc) is 3.18. The smallest absolute Gasteiger partial charge is 0.0491 e. The van der Waals surface area contributed by atoms with Crippen molar-refractivity contribution < 1.29 is 0 Å². The minimum Gasteiger partial charge on any atom is -0.310 e. The van der Waals surface area contributed by atoms with Gasteiger partial charge >= 0.3 is 0 Å². The third-order valence-corrected chi connectivity index (χ3v) is 7.27. The summed E-state index contributed by atoms with van der Waals surface area (Å²) in [6, 6.07) is 55.8. The molecule has 0 atom stereocenters. The fourth-order valence-corrected chi connectivity index (χ4v) is 5.33. The molecule has 0 spiro atoms. The highest BCUT2D eigenvalue weighted by atomic mass is 15.1. The van der Waals surface area contributed by atoms with Gasteiger partial charge in [0, 0.05) is 34.1 Å². The van der Waals surface area contributed by atoms with Crippen LogP contribution >= 0.6 is 0 Å². The van der Waals surface area contributed by atoms with Gasteiger partial charge in [0.05, 0.1) is 0 Å². The molecule has 0 aliphatic rings. The van der Waals surface area contributed by atoms with Crippen LogP contribution < -0.4 is 9.80 Å². The van der Waals surface area contributed by atoms with Crippen molar-refractivity contribution in [3.8, 4) is 11.1 Å². The Labute approximate surface area is 292 Å². The Bertz CT molecular complexity index is 1490. The lowest BCUT2D eigenvalue weighted by Crippen LogP contribution is -2.11. The van der Waals surface area contributed by atoms with Gasteiger partial charge in [0.2, 0.25) is 0 Å². The van der Waals surface area contributed by atoms with E-state index in [0.29, 0.717) is 0 Å². The molecule has 0 saturated heterocycles. The third kappa shape index (κ3) is 9.96. The largest absolute Gasteiger partial charge is 0.310 e. The maximum absolute atomic E-state index is 2.32. The van der Waals surface area contributed by atoms with E-state index < -0.39 is 0 Å². The van der Waals surface area contributed by atoms with Gasteiger partial charge in [-0.25, -0.2) is 0 Å². The highest BCUT2D eigenvalue weighted by Crippen LogP contribution is 2.40. The maximum Gasteiger partial charge on any atom is 0.0491 e. The molecule has 2 heteroatoms. The van der Waals surface area contributed by atoms with Gasteiger partial charge < -0.3 is 9.80 Å². The summed E-state index contributed by atoms with van der Waals surface area (Å²) in [5.41, 5.74) is 11.8. The molecule has 0 bridgehead atoms. The molecule has 0 fully saturated rings. The van der Waals surface area contributed by atoms with Crippen molar-refractivity contribution in [3.63, 3.8) is 0 Å². The SMILES string of the molecule is CC.CC.CC.CC.Cc1cc(-c2ccc(N(c3ccccc3)c3ccccc3)c(C)c2)ccc1N(c1ccccc1)c1ccccc1. The third-order valence-electron chi connectivity index (χ3n) is 7.27. The summed E-state index contributed by atoms with van der Waals surface area (Å²) in [5, 5.41) is 0. The molecule has 0 saturated carbocycles. The number of rotatable bonds is 7. The minimum atomic E-state index is 1.15. The molecular formula is C46H56N2. The minimum absolute atomic E-state index is 1.15. The first-order valence-electron chi connectivity index (χ1n) is 17.7. The molecule has 250 valence electrons. The number of para-hydroxylation sites is 4. The molecule has 0 N–H and O–H groups in total. The van der Waals surface area contributed by atoms with Crippen LogP contribution in [-0.4, -0.2) is 0 Å². The second-order valence-corrected chi connectivity index (χ2v) is 10.0. The predicted octanol–water partition coefficient (Wildman–Crippen LogP) is 15.0. The van der Waals surface area contributed by atoms with Crippen molar-refractivity contribution >= 4 is 34.1 Å². The summed E-state index contributed by atoms with van der Waals surface area (Å²) in [7, 11) is 0. The van der Waals surface area contributed by atoms with Gasteiger partial charge in [-0.3, -0.25) is 0 Å². The zero-order valence-corrected chi connectivity index (χ0v) is 30.9.